The highest BCUT2D eigenvalue weighted by molar-refractivity contribution is 8.00. The van der Waals surface area contributed by atoms with Gasteiger partial charge in [0.15, 0.2) is 0 Å². The third-order valence-electron chi connectivity index (χ3n) is 0.808. The Kier molecular flexibility index (Phi) is 2.48. The zero-order chi connectivity index (χ0) is 8.27. The Morgan fingerprint density at radius 3 is 3.09 bits per heavy atom. The normalized spacial score (nSPS) is 12.8. The van der Waals surface area contributed by atoms with Crippen molar-refractivity contribution in [3.05, 3.63) is 12.5 Å². The summed E-state index contributed by atoms with van der Waals surface area (Å²) in [6, 6.07) is 0. The van der Waals surface area contributed by atoms with Gasteiger partial charge in [-0.3, -0.25) is 0 Å². The van der Waals surface area contributed by atoms with E-state index in [1.165, 1.54) is 12.5 Å². The molecule has 1 heterocycles. The molecule has 60 valence electrons. The number of carboxylic acids is 1. The van der Waals surface area contributed by atoms with E-state index < -0.39 is 11.5 Å². The highest BCUT2D eigenvalue weighted by Crippen LogP contribution is 2.21. The van der Waals surface area contributed by atoms with Gasteiger partial charge in [-0.1, -0.05) is 0 Å². The topological polar surface area (TPSA) is 63.3 Å². The van der Waals surface area contributed by atoms with Crippen LogP contribution in [0.4, 0.5) is 4.39 Å². The van der Waals surface area contributed by atoms with Crippen LogP contribution in [-0.2, 0) is 4.79 Å². The summed E-state index contributed by atoms with van der Waals surface area (Å²) in [6.45, 7) is 0. The number of nitrogens with zero attached hydrogens (tertiary/aromatic N) is 1. The van der Waals surface area contributed by atoms with Gasteiger partial charge in [-0.05, 0) is 11.8 Å². The molecule has 1 N–H and O–H groups in total. The van der Waals surface area contributed by atoms with Crippen LogP contribution in [0.5, 0.6) is 0 Å². The first kappa shape index (κ1) is 8.06. The van der Waals surface area contributed by atoms with E-state index in [-0.39, 0.29) is 5.22 Å². The van der Waals surface area contributed by atoms with Gasteiger partial charge >= 0.3 is 5.97 Å². The second-order valence-electron chi connectivity index (χ2n) is 1.57. The third-order valence-corrected chi connectivity index (χ3v) is 1.62. The zero-order valence-electron chi connectivity index (χ0n) is 5.23. The number of aromatic nitrogens is 1. The molecule has 0 aliphatic rings. The number of halogens is 1. The van der Waals surface area contributed by atoms with Crippen LogP contribution in [0.25, 0.3) is 0 Å². The van der Waals surface area contributed by atoms with Crippen LogP contribution in [0.3, 0.4) is 0 Å². The monoisotopic (exact) mass is 177 g/mol. The van der Waals surface area contributed by atoms with Gasteiger partial charge in [-0.2, -0.15) is 0 Å². The second kappa shape index (κ2) is 3.38. The van der Waals surface area contributed by atoms with Gasteiger partial charge < -0.3 is 9.52 Å². The number of carbonyl (C=O) groups is 1. The second-order valence-corrected chi connectivity index (χ2v) is 2.57. The molecule has 4 nitrogen and oxygen atoms in total. The molecule has 1 rings (SSSR count). The molecule has 0 aromatic carbocycles. The molecule has 0 aliphatic heterocycles. The number of carboxylic acid groups (broad SMARTS) is 1. The zero-order valence-corrected chi connectivity index (χ0v) is 6.05. The van der Waals surface area contributed by atoms with Crippen molar-refractivity contribution >= 4 is 17.7 Å². The Balaban J connectivity index is 2.50. The average Bonchev–Trinajstić information content (AvgIpc) is 2.39. The van der Waals surface area contributed by atoms with Gasteiger partial charge in [0.2, 0.25) is 0 Å². The summed E-state index contributed by atoms with van der Waals surface area (Å²) in [5.74, 6) is -1.53. The minimum Gasteiger partial charge on any atom is -0.478 e. The third kappa shape index (κ3) is 2.23. The average molecular weight is 177 g/mol. The Morgan fingerprint density at radius 2 is 2.64 bits per heavy atom. The maximum absolute atomic E-state index is 12.4. The highest BCUT2D eigenvalue weighted by atomic mass is 32.2. The summed E-state index contributed by atoms with van der Waals surface area (Å²) in [5, 5.41) is 8.13. The van der Waals surface area contributed by atoms with Gasteiger partial charge in [0.25, 0.3) is 10.7 Å². The van der Waals surface area contributed by atoms with Crippen LogP contribution < -0.4 is 0 Å². The van der Waals surface area contributed by atoms with Gasteiger partial charge in [0.1, 0.15) is 6.26 Å². The van der Waals surface area contributed by atoms with E-state index in [2.05, 4.69) is 9.40 Å². The minimum absolute atomic E-state index is 0.0138. The van der Waals surface area contributed by atoms with Gasteiger partial charge in [-0.15, -0.1) is 0 Å². The standard InChI is InChI=1S/C5H4FNO3S/c6-3(4(8)9)11-5-7-1-2-10-5/h1-3H,(H,8,9). The molecule has 0 fully saturated rings. The molecule has 0 amide bonds. The minimum atomic E-state index is -2.02. The van der Waals surface area contributed by atoms with Crippen molar-refractivity contribution in [2.24, 2.45) is 0 Å². The van der Waals surface area contributed by atoms with E-state index in [0.29, 0.717) is 11.8 Å². The molecule has 6 heteroatoms. The molecule has 1 aromatic rings. The summed E-state index contributed by atoms with van der Waals surface area (Å²) in [6.07, 6.45) is 2.56. The fourth-order valence-electron chi connectivity index (χ4n) is 0.407. The summed E-state index contributed by atoms with van der Waals surface area (Å²) < 4.78 is 17.0. The van der Waals surface area contributed by atoms with E-state index in [0.717, 1.165) is 0 Å². The maximum Gasteiger partial charge on any atom is 0.349 e. The highest BCUT2D eigenvalue weighted by Gasteiger charge is 2.19. The number of hydrogen-bond acceptors (Lipinski definition) is 4. The van der Waals surface area contributed by atoms with Crippen LogP contribution in [-0.4, -0.2) is 21.6 Å². The largest absolute Gasteiger partial charge is 0.478 e. The molecule has 0 aliphatic carbocycles. The number of rotatable bonds is 3. The summed E-state index contributed by atoms with van der Waals surface area (Å²) in [4.78, 5) is 13.5. The fraction of sp³-hybridized carbons (Fsp3) is 0.200. The van der Waals surface area contributed by atoms with E-state index in [1.54, 1.807) is 0 Å². The molecule has 0 spiro atoms. The number of thioether (sulfide) groups is 1. The number of oxazole rings is 1. The summed E-state index contributed by atoms with van der Waals surface area (Å²) in [5.41, 5.74) is -2.02. The van der Waals surface area contributed by atoms with E-state index in [1.807, 2.05) is 0 Å². The summed E-state index contributed by atoms with van der Waals surface area (Å²) in [7, 11) is 0. The van der Waals surface area contributed by atoms with Gasteiger partial charge in [0.05, 0.1) is 6.20 Å². The predicted molar refractivity (Wildman–Crippen MR) is 34.9 cm³/mol. The molecule has 1 aromatic heterocycles. The van der Waals surface area contributed by atoms with Crippen molar-refractivity contribution in [1.82, 2.24) is 4.98 Å². The molecule has 1 atom stereocenters. The van der Waals surface area contributed by atoms with Crippen LogP contribution in [0, 0.1) is 0 Å². The first-order valence-corrected chi connectivity index (χ1v) is 3.51. The molecular weight excluding hydrogens is 173 g/mol. The number of aliphatic carboxylic acids is 1. The smallest absolute Gasteiger partial charge is 0.349 e. The van der Waals surface area contributed by atoms with E-state index in [4.69, 9.17) is 5.11 Å². The molecule has 11 heavy (non-hydrogen) atoms. The van der Waals surface area contributed by atoms with Crippen molar-refractivity contribution in [2.45, 2.75) is 10.7 Å². The first-order valence-electron chi connectivity index (χ1n) is 2.63. The maximum atomic E-state index is 12.4. The fourth-order valence-corrected chi connectivity index (χ4v) is 0.918. The molecule has 0 bridgehead atoms. The Morgan fingerprint density at radius 1 is 1.91 bits per heavy atom. The first-order chi connectivity index (χ1) is 5.20. The van der Waals surface area contributed by atoms with Crippen LogP contribution >= 0.6 is 11.8 Å². The lowest BCUT2D eigenvalue weighted by molar-refractivity contribution is -0.139. The lowest BCUT2D eigenvalue weighted by atomic mass is 10.8. The van der Waals surface area contributed by atoms with Crippen LogP contribution in [0.15, 0.2) is 22.1 Å². The lowest BCUT2D eigenvalue weighted by Gasteiger charge is -1.95. The number of alkyl halides is 1. The molecule has 0 radical (unpaired) electrons. The van der Waals surface area contributed by atoms with E-state index >= 15 is 0 Å². The van der Waals surface area contributed by atoms with Crippen molar-refractivity contribution in [3.63, 3.8) is 0 Å². The van der Waals surface area contributed by atoms with Crippen molar-refractivity contribution in [1.29, 1.82) is 0 Å². The van der Waals surface area contributed by atoms with Gasteiger partial charge in [-0.25, -0.2) is 14.2 Å². The van der Waals surface area contributed by atoms with Crippen molar-refractivity contribution in [3.8, 4) is 0 Å². The number of hydrogen-bond donors (Lipinski definition) is 1. The lowest BCUT2D eigenvalue weighted by Crippen LogP contribution is -2.09. The van der Waals surface area contributed by atoms with E-state index in [9.17, 15) is 9.18 Å². The molecule has 0 saturated heterocycles. The Bertz CT molecular complexity index is 238. The van der Waals surface area contributed by atoms with Crippen molar-refractivity contribution in [2.75, 3.05) is 0 Å². The summed E-state index contributed by atoms with van der Waals surface area (Å²) >= 11 is 0.414. The Labute approximate surface area is 65.4 Å². The van der Waals surface area contributed by atoms with Gasteiger partial charge in [0, 0.05) is 0 Å². The van der Waals surface area contributed by atoms with Crippen LogP contribution in [0.1, 0.15) is 0 Å². The Hall–Kier alpha value is -1.04. The van der Waals surface area contributed by atoms with Crippen LogP contribution in [0.2, 0.25) is 0 Å². The molecule has 1 unspecified atom stereocenters. The molecule has 0 saturated carbocycles. The molecular formula is C5H4FNO3S. The SMILES string of the molecule is O=C(O)C(F)Sc1ncco1. The van der Waals surface area contributed by atoms with Crippen molar-refractivity contribution < 1.29 is 18.7 Å². The predicted octanol–water partition coefficient (Wildman–Crippen LogP) is 1.15. The quantitative estimate of drug-likeness (QED) is 0.701.